The summed E-state index contributed by atoms with van der Waals surface area (Å²) >= 11 is 0. The summed E-state index contributed by atoms with van der Waals surface area (Å²) in [4.78, 5) is 16.8. The smallest absolute Gasteiger partial charge is 0.227 e. The van der Waals surface area contributed by atoms with Gasteiger partial charge >= 0.3 is 0 Å². The van der Waals surface area contributed by atoms with Gasteiger partial charge in [-0.15, -0.1) is 0 Å². The lowest BCUT2D eigenvalue weighted by Crippen LogP contribution is -2.49. The van der Waals surface area contributed by atoms with E-state index in [1.54, 1.807) is 0 Å². The number of benzene rings is 1. The predicted molar refractivity (Wildman–Crippen MR) is 96.6 cm³/mol. The van der Waals surface area contributed by atoms with Gasteiger partial charge in [0.2, 0.25) is 5.91 Å². The molecule has 1 aromatic heterocycles. The number of nitrogens with zero attached hydrogens (tertiary/aromatic N) is 3. The molecule has 0 N–H and O–H groups in total. The monoisotopic (exact) mass is 339 g/mol. The maximum atomic E-state index is 12.5. The van der Waals surface area contributed by atoms with Crippen LogP contribution in [0.15, 0.2) is 28.8 Å². The van der Waals surface area contributed by atoms with E-state index in [4.69, 9.17) is 4.52 Å². The summed E-state index contributed by atoms with van der Waals surface area (Å²) in [5.41, 5.74) is 4.61. The van der Waals surface area contributed by atoms with Crippen LogP contribution in [0.25, 0.3) is 0 Å². The molecule has 5 heteroatoms. The minimum absolute atomic E-state index is 0.00454. The fraction of sp³-hybridized carbons (Fsp3) is 0.500. The summed E-state index contributed by atoms with van der Waals surface area (Å²) in [6.07, 6.45) is 2.67. The molecule has 0 bridgehead atoms. The molecule has 1 amide bonds. The molecule has 2 aliphatic heterocycles. The van der Waals surface area contributed by atoms with Crippen molar-refractivity contribution in [3.05, 3.63) is 46.8 Å². The highest BCUT2D eigenvalue weighted by atomic mass is 16.5. The van der Waals surface area contributed by atoms with Crippen molar-refractivity contribution in [2.24, 2.45) is 0 Å². The zero-order valence-electron chi connectivity index (χ0n) is 15.2. The number of hydrogen-bond donors (Lipinski definition) is 0. The molecule has 4 rings (SSSR count). The second kappa shape index (κ2) is 5.99. The van der Waals surface area contributed by atoms with Crippen molar-refractivity contribution in [1.82, 2.24) is 10.1 Å². The molecule has 5 nitrogen and oxygen atoms in total. The summed E-state index contributed by atoms with van der Waals surface area (Å²) in [7, 11) is 1.89. The van der Waals surface area contributed by atoms with Gasteiger partial charge in [0, 0.05) is 36.7 Å². The van der Waals surface area contributed by atoms with Gasteiger partial charge in [0.15, 0.2) is 0 Å². The van der Waals surface area contributed by atoms with E-state index in [0.717, 1.165) is 49.6 Å². The number of carbonyl (C=O) groups excluding carboxylic acids is 1. The molecule has 1 aromatic carbocycles. The van der Waals surface area contributed by atoms with Gasteiger partial charge in [-0.3, -0.25) is 9.69 Å². The molecule has 0 saturated carbocycles. The standard InChI is InChI=1S/C20H25N3O2/c1-14-16(15(2)25-21-14)13-23-10-8-20(9-11-23)12-19(24)22(3)18-7-5-4-6-17(18)20/h4-7H,8-13H2,1-3H3. The Bertz CT molecular complexity index is 784. The zero-order chi connectivity index (χ0) is 17.6. The Balaban J connectivity index is 1.55. The average Bonchev–Trinajstić information content (AvgIpc) is 2.94. The number of rotatable bonds is 2. The normalized spacial score (nSPS) is 20.1. The molecule has 1 spiro atoms. The topological polar surface area (TPSA) is 49.6 Å². The molecule has 2 aromatic rings. The first kappa shape index (κ1) is 16.3. The Morgan fingerprint density at radius 1 is 1.20 bits per heavy atom. The van der Waals surface area contributed by atoms with Crippen LogP contribution in [-0.2, 0) is 16.8 Å². The SMILES string of the molecule is Cc1noc(C)c1CN1CCC2(CC1)CC(=O)N(C)c1ccccc12. The number of amides is 1. The molecule has 0 radical (unpaired) electrons. The van der Waals surface area contributed by atoms with E-state index in [1.807, 2.05) is 31.9 Å². The average molecular weight is 339 g/mol. The molecule has 1 saturated heterocycles. The van der Waals surface area contributed by atoms with E-state index < -0.39 is 0 Å². The number of para-hydroxylation sites is 1. The summed E-state index contributed by atoms with van der Waals surface area (Å²) < 4.78 is 5.29. The van der Waals surface area contributed by atoms with Crippen molar-refractivity contribution in [3.63, 3.8) is 0 Å². The number of aryl methyl sites for hydroxylation is 2. The molecule has 0 atom stereocenters. The van der Waals surface area contributed by atoms with Crippen LogP contribution in [0.1, 0.15) is 41.8 Å². The predicted octanol–water partition coefficient (Wildman–Crippen LogP) is 3.19. The van der Waals surface area contributed by atoms with Crippen molar-refractivity contribution in [3.8, 4) is 0 Å². The minimum Gasteiger partial charge on any atom is -0.361 e. The molecule has 25 heavy (non-hydrogen) atoms. The van der Waals surface area contributed by atoms with E-state index in [1.165, 1.54) is 11.1 Å². The second-order valence-electron chi connectivity index (χ2n) is 7.51. The number of aromatic nitrogens is 1. The Morgan fingerprint density at radius 3 is 2.60 bits per heavy atom. The molecular formula is C20H25N3O2. The molecule has 3 heterocycles. The number of carbonyl (C=O) groups is 1. The van der Waals surface area contributed by atoms with E-state index in [2.05, 4.69) is 28.3 Å². The van der Waals surface area contributed by atoms with E-state index in [-0.39, 0.29) is 11.3 Å². The third-order valence-corrected chi connectivity index (χ3v) is 6.08. The lowest BCUT2D eigenvalue weighted by atomic mass is 9.67. The maximum absolute atomic E-state index is 12.5. The Labute approximate surface area is 148 Å². The Morgan fingerprint density at radius 2 is 1.92 bits per heavy atom. The van der Waals surface area contributed by atoms with Crippen molar-refractivity contribution >= 4 is 11.6 Å². The maximum Gasteiger partial charge on any atom is 0.227 e. The second-order valence-corrected chi connectivity index (χ2v) is 7.51. The van der Waals surface area contributed by atoms with Crippen LogP contribution in [0, 0.1) is 13.8 Å². The van der Waals surface area contributed by atoms with Crippen molar-refractivity contribution in [1.29, 1.82) is 0 Å². The lowest BCUT2D eigenvalue weighted by Gasteiger charge is -2.46. The third-order valence-electron chi connectivity index (χ3n) is 6.08. The Kier molecular flexibility index (Phi) is 3.91. The van der Waals surface area contributed by atoms with Crippen LogP contribution in [0.3, 0.4) is 0 Å². The number of likely N-dealkylation sites (tertiary alicyclic amines) is 1. The van der Waals surface area contributed by atoms with Crippen LogP contribution >= 0.6 is 0 Å². The summed E-state index contributed by atoms with van der Waals surface area (Å²) in [5, 5.41) is 4.06. The van der Waals surface area contributed by atoms with E-state index in [0.29, 0.717) is 6.42 Å². The van der Waals surface area contributed by atoms with Crippen LogP contribution in [0.2, 0.25) is 0 Å². The highest BCUT2D eigenvalue weighted by molar-refractivity contribution is 5.97. The van der Waals surface area contributed by atoms with Gasteiger partial charge in [-0.05, 0) is 51.4 Å². The molecule has 2 aliphatic rings. The summed E-state index contributed by atoms with van der Waals surface area (Å²) in [6, 6.07) is 8.40. The lowest BCUT2D eigenvalue weighted by molar-refractivity contribution is -0.120. The fourth-order valence-electron chi connectivity index (χ4n) is 4.39. The van der Waals surface area contributed by atoms with Crippen LogP contribution in [-0.4, -0.2) is 36.1 Å². The van der Waals surface area contributed by atoms with Crippen LogP contribution in [0.4, 0.5) is 5.69 Å². The van der Waals surface area contributed by atoms with Gasteiger partial charge in [-0.25, -0.2) is 0 Å². The first-order valence-electron chi connectivity index (χ1n) is 9.00. The van der Waals surface area contributed by atoms with Gasteiger partial charge in [-0.2, -0.15) is 0 Å². The number of piperidine rings is 1. The van der Waals surface area contributed by atoms with Crippen LogP contribution < -0.4 is 4.90 Å². The van der Waals surface area contributed by atoms with Crippen LogP contribution in [0.5, 0.6) is 0 Å². The number of fused-ring (bicyclic) bond motifs is 2. The highest BCUT2D eigenvalue weighted by Crippen LogP contribution is 2.46. The number of anilines is 1. The number of hydrogen-bond acceptors (Lipinski definition) is 4. The Hall–Kier alpha value is -2.14. The van der Waals surface area contributed by atoms with Gasteiger partial charge in [0.1, 0.15) is 5.76 Å². The summed E-state index contributed by atoms with van der Waals surface area (Å²) in [5.74, 6) is 1.15. The minimum atomic E-state index is -0.00454. The first-order valence-corrected chi connectivity index (χ1v) is 9.00. The fourth-order valence-corrected chi connectivity index (χ4v) is 4.39. The van der Waals surface area contributed by atoms with Crippen molar-refractivity contribution in [2.75, 3.05) is 25.0 Å². The largest absolute Gasteiger partial charge is 0.361 e. The summed E-state index contributed by atoms with van der Waals surface area (Å²) in [6.45, 7) is 6.85. The van der Waals surface area contributed by atoms with Crippen molar-refractivity contribution < 1.29 is 9.32 Å². The van der Waals surface area contributed by atoms with Gasteiger partial charge in [-0.1, -0.05) is 23.4 Å². The third kappa shape index (κ3) is 2.67. The van der Waals surface area contributed by atoms with E-state index in [9.17, 15) is 4.79 Å². The van der Waals surface area contributed by atoms with Gasteiger partial charge in [0.05, 0.1) is 5.69 Å². The molecule has 132 valence electrons. The molecule has 0 aliphatic carbocycles. The van der Waals surface area contributed by atoms with E-state index >= 15 is 0 Å². The van der Waals surface area contributed by atoms with Gasteiger partial charge < -0.3 is 9.42 Å². The quantitative estimate of drug-likeness (QED) is 0.843. The molecule has 1 fully saturated rings. The molecular weight excluding hydrogens is 314 g/mol. The van der Waals surface area contributed by atoms with Gasteiger partial charge in [0.25, 0.3) is 0 Å². The zero-order valence-corrected chi connectivity index (χ0v) is 15.2. The first-order chi connectivity index (χ1) is 12.0. The highest BCUT2D eigenvalue weighted by Gasteiger charge is 2.44. The molecule has 0 unspecified atom stereocenters. The van der Waals surface area contributed by atoms with Crippen molar-refractivity contribution in [2.45, 2.75) is 45.1 Å².